The van der Waals surface area contributed by atoms with Gasteiger partial charge in [-0.25, -0.2) is 0 Å². The summed E-state index contributed by atoms with van der Waals surface area (Å²) >= 11 is 0. The molecule has 0 aromatic carbocycles. The van der Waals surface area contributed by atoms with E-state index in [1.54, 1.807) is 0 Å². The van der Waals surface area contributed by atoms with E-state index >= 15 is 0 Å². The maximum Gasteiger partial charge on any atom is 0.0236 e. The van der Waals surface area contributed by atoms with E-state index in [0.29, 0.717) is 0 Å². The zero-order valence-electron chi connectivity index (χ0n) is 12.9. The molecule has 2 saturated heterocycles. The Morgan fingerprint density at radius 1 is 0.947 bits per heavy atom. The highest BCUT2D eigenvalue weighted by Gasteiger charge is 2.29. The minimum Gasteiger partial charge on any atom is -0.301 e. The van der Waals surface area contributed by atoms with E-state index in [4.69, 9.17) is 0 Å². The lowest BCUT2D eigenvalue weighted by Gasteiger charge is -2.37. The summed E-state index contributed by atoms with van der Waals surface area (Å²) in [5, 5.41) is 0. The molecule has 0 bridgehead atoms. The summed E-state index contributed by atoms with van der Waals surface area (Å²) in [6.45, 7) is 14.7. The van der Waals surface area contributed by atoms with Gasteiger partial charge in [0.25, 0.3) is 0 Å². The molecule has 0 radical (unpaired) electrons. The van der Waals surface area contributed by atoms with E-state index in [0.717, 1.165) is 6.04 Å². The second kappa shape index (κ2) is 8.03. The van der Waals surface area contributed by atoms with Crippen molar-refractivity contribution in [3.05, 3.63) is 12.2 Å². The van der Waals surface area contributed by atoms with Gasteiger partial charge < -0.3 is 9.80 Å². The van der Waals surface area contributed by atoms with Crippen molar-refractivity contribution in [2.75, 3.05) is 52.4 Å². The molecule has 0 amide bonds. The minimum absolute atomic E-state index is 0.828. The van der Waals surface area contributed by atoms with Gasteiger partial charge in [0.1, 0.15) is 0 Å². The SMILES string of the molecule is CC/C=C/CCN1CCC(N2CCN(CC)CC2)C1. The van der Waals surface area contributed by atoms with Crippen molar-refractivity contribution in [3.63, 3.8) is 0 Å². The monoisotopic (exact) mass is 265 g/mol. The lowest BCUT2D eigenvalue weighted by molar-refractivity contribution is 0.101. The highest BCUT2D eigenvalue weighted by atomic mass is 15.3. The molecule has 0 aromatic rings. The number of likely N-dealkylation sites (N-methyl/N-ethyl adjacent to an activating group) is 1. The molecule has 0 aliphatic carbocycles. The summed E-state index contributed by atoms with van der Waals surface area (Å²) < 4.78 is 0. The molecule has 2 fully saturated rings. The fraction of sp³-hybridized carbons (Fsp3) is 0.875. The molecule has 2 aliphatic heterocycles. The summed E-state index contributed by atoms with van der Waals surface area (Å²) in [4.78, 5) is 7.95. The molecule has 1 unspecified atom stereocenters. The van der Waals surface area contributed by atoms with Crippen LogP contribution in [0.3, 0.4) is 0 Å². The summed E-state index contributed by atoms with van der Waals surface area (Å²) in [5.41, 5.74) is 0. The Bertz CT molecular complexity index is 269. The van der Waals surface area contributed by atoms with Crippen LogP contribution in [0.15, 0.2) is 12.2 Å². The first kappa shape index (κ1) is 15.0. The second-order valence-corrected chi connectivity index (χ2v) is 5.88. The van der Waals surface area contributed by atoms with E-state index in [1.165, 1.54) is 71.6 Å². The predicted molar refractivity (Wildman–Crippen MR) is 82.6 cm³/mol. The van der Waals surface area contributed by atoms with Gasteiger partial charge in [0.05, 0.1) is 0 Å². The lowest BCUT2D eigenvalue weighted by Crippen LogP contribution is -2.50. The third-order valence-electron chi connectivity index (χ3n) is 4.63. The van der Waals surface area contributed by atoms with Gasteiger partial charge in [0, 0.05) is 45.3 Å². The summed E-state index contributed by atoms with van der Waals surface area (Å²) in [6, 6.07) is 0.828. The van der Waals surface area contributed by atoms with Crippen molar-refractivity contribution in [1.82, 2.24) is 14.7 Å². The molecule has 3 nitrogen and oxygen atoms in total. The third kappa shape index (κ3) is 4.59. The van der Waals surface area contributed by atoms with Gasteiger partial charge in [-0.1, -0.05) is 26.0 Å². The van der Waals surface area contributed by atoms with Crippen LogP contribution >= 0.6 is 0 Å². The molecule has 0 aromatic heterocycles. The first-order chi connectivity index (χ1) is 9.33. The van der Waals surface area contributed by atoms with E-state index in [9.17, 15) is 0 Å². The largest absolute Gasteiger partial charge is 0.301 e. The van der Waals surface area contributed by atoms with Crippen molar-refractivity contribution in [1.29, 1.82) is 0 Å². The topological polar surface area (TPSA) is 9.72 Å². The quantitative estimate of drug-likeness (QED) is 0.681. The molecule has 2 rings (SSSR count). The highest BCUT2D eigenvalue weighted by molar-refractivity contribution is 4.88. The van der Waals surface area contributed by atoms with Crippen LogP contribution in [-0.4, -0.2) is 73.1 Å². The van der Waals surface area contributed by atoms with E-state index < -0.39 is 0 Å². The van der Waals surface area contributed by atoms with Gasteiger partial charge in [-0.05, 0) is 32.4 Å². The molecule has 1 atom stereocenters. The van der Waals surface area contributed by atoms with Crippen molar-refractivity contribution >= 4 is 0 Å². The Kier molecular flexibility index (Phi) is 6.35. The molecule has 0 spiro atoms. The van der Waals surface area contributed by atoms with Gasteiger partial charge in [0.2, 0.25) is 0 Å². The molecule has 0 N–H and O–H groups in total. The van der Waals surface area contributed by atoms with Crippen molar-refractivity contribution < 1.29 is 0 Å². The maximum atomic E-state index is 2.73. The number of allylic oxidation sites excluding steroid dienone is 1. The Morgan fingerprint density at radius 3 is 2.42 bits per heavy atom. The average Bonchev–Trinajstić information content (AvgIpc) is 2.92. The fourth-order valence-corrected chi connectivity index (χ4v) is 3.30. The van der Waals surface area contributed by atoms with Crippen molar-refractivity contribution in [2.45, 2.75) is 39.2 Å². The van der Waals surface area contributed by atoms with Crippen molar-refractivity contribution in [3.8, 4) is 0 Å². The molecule has 19 heavy (non-hydrogen) atoms. The molecular formula is C16H31N3. The van der Waals surface area contributed by atoms with Crippen LogP contribution in [-0.2, 0) is 0 Å². The first-order valence-corrected chi connectivity index (χ1v) is 8.17. The van der Waals surface area contributed by atoms with Gasteiger partial charge in [-0.2, -0.15) is 0 Å². The Balaban J connectivity index is 1.66. The van der Waals surface area contributed by atoms with Gasteiger partial charge in [0.15, 0.2) is 0 Å². The van der Waals surface area contributed by atoms with Crippen LogP contribution in [0.5, 0.6) is 0 Å². The van der Waals surface area contributed by atoms with Crippen LogP contribution in [0, 0.1) is 0 Å². The normalized spacial score (nSPS) is 27.6. The van der Waals surface area contributed by atoms with Crippen LogP contribution in [0.1, 0.15) is 33.1 Å². The van der Waals surface area contributed by atoms with E-state index in [-0.39, 0.29) is 0 Å². The average molecular weight is 265 g/mol. The second-order valence-electron chi connectivity index (χ2n) is 5.88. The molecular weight excluding hydrogens is 234 g/mol. The Hall–Kier alpha value is -0.380. The van der Waals surface area contributed by atoms with Crippen LogP contribution < -0.4 is 0 Å². The van der Waals surface area contributed by atoms with E-state index in [2.05, 4.69) is 40.7 Å². The molecule has 2 aliphatic rings. The molecule has 110 valence electrons. The van der Waals surface area contributed by atoms with E-state index in [1.807, 2.05) is 0 Å². The van der Waals surface area contributed by atoms with Crippen LogP contribution in [0.25, 0.3) is 0 Å². The minimum atomic E-state index is 0.828. The number of piperazine rings is 1. The highest BCUT2D eigenvalue weighted by Crippen LogP contribution is 2.17. The molecule has 2 heterocycles. The number of nitrogens with zero attached hydrogens (tertiary/aromatic N) is 3. The lowest BCUT2D eigenvalue weighted by atomic mass is 10.2. The Labute approximate surface area is 119 Å². The predicted octanol–water partition coefficient (Wildman–Crippen LogP) is 2.05. The van der Waals surface area contributed by atoms with Gasteiger partial charge in [-0.3, -0.25) is 4.90 Å². The molecule has 3 heteroatoms. The number of hydrogen-bond donors (Lipinski definition) is 0. The van der Waals surface area contributed by atoms with Gasteiger partial charge in [-0.15, -0.1) is 0 Å². The number of rotatable bonds is 6. The fourth-order valence-electron chi connectivity index (χ4n) is 3.30. The third-order valence-corrected chi connectivity index (χ3v) is 4.63. The van der Waals surface area contributed by atoms with Gasteiger partial charge >= 0.3 is 0 Å². The summed E-state index contributed by atoms with van der Waals surface area (Å²) in [7, 11) is 0. The summed E-state index contributed by atoms with van der Waals surface area (Å²) in [5.74, 6) is 0. The zero-order valence-corrected chi connectivity index (χ0v) is 12.9. The number of likely N-dealkylation sites (tertiary alicyclic amines) is 1. The Morgan fingerprint density at radius 2 is 1.74 bits per heavy atom. The maximum absolute atomic E-state index is 2.73. The zero-order chi connectivity index (χ0) is 13.5. The standard InChI is InChI=1S/C16H31N3/c1-3-5-6-7-9-18-10-8-16(15-18)19-13-11-17(4-2)12-14-19/h5-6,16H,3-4,7-15H2,1-2H3/b6-5+. The van der Waals surface area contributed by atoms with Crippen LogP contribution in [0.4, 0.5) is 0 Å². The summed E-state index contributed by atoms with van der Waals surface area (Å²) in [6.07, 6.45) is 8.41. The van der Waals surface area contributed by atoms with Crippen molar-refractivity contribution in [2.24, 2.45) is 0 Å². The smallest absolute Gasteiger partial charge is 0.0236 e. The molecule has 0 saturated carbocycles. The number of hydrogen-bond acceptors (Lipinski definition) is 3. The first-order valence-electron chi connectivity index (χ1n) is 8.17. The van der Waals surface area contributed by atoms with Crippen LogP contribution in [0.2, 0.25) is 0 Å².